The average molecular weight is 433 g/mol. The molecule has 30 heavy (non-hydrogen) atoms. The normalized spacial score (nSPS) is 16.0. The van der Waals surface area contributed by atoms with Crippen LogP contribution >= 0.6 is 0 Å². The Morgan fingerprint density at radius 2 is 1.77 bits per heavy atom. The molecule has 0 saturated carbocycles. The quantitative estimate of drug-likeness (QED) is 0.688. The molecule has 2 aromatic rings. The number of benzene rings is 2. The minimum absolute atomic E-state index is 0.159. The Hall–Kier alpha value is -2.09. The summed E-state index contributed by atoms with van der Waals surface area (Å²) in [5, 5.41) is 0. The number of sulfonamides is 1. The lowest BCUT2D eigenvalue weighted by Crippen LogP contribution is -2.35. The maximum atomic E-state index is 12.8. The molecule has 0 aliphatic carbocycles. The number of likely N-dealkylation sites (tertiary alicyclic amines) is 1. The van der Waals surface area contributed by atoms with Crippen molar-refractivity contribution in [3.8, 4) is 11.5 Å². The largest absolute Gasteiger partial charge is 0.496 e. The second-order valence-electron chi connectivity index (χ2n) is 8.15. The topological polar surface area (TPSA) is 67.9 Å². The summed E-state index contributed by atoms with van der Waals surface area (Å²) in [6.07, 6.45) is 2.30. The summed E-state index contributed by atoms with van der Waals surface area (Å²) in [5.41, 5.74) is 1.75. The van der Waals surface area contributed by atoms with Crippen LogP contribution in [0, 0.1) is 0 Å². The van der Waals surface area contributed by atoms with E-state index in [4.69, 9.17) is 9.47 Å². The minimum Gasteiger partial charge on any atom is -0.496 e. The Bertz CT molecular complexity index is 934. The van der Waals surface area contributed by atoms with E-state index in [1.54, 1.807) is 25.3 Å². The standard InChI is InChI=1S/C23H32N2O4S/c1-17(2)22-15-21(9-10-23(22)28-4)30(26,27)24-16-18-5-7-19(8-6-18)29-20-11-13-25(3)14-12-20/h5-10,15,17,20,24H,11-14,16H2,1-4H3. The van der Waals surface area contributed by atoms with E-state index >= 15 is 0 Å². The van der Waals surface area contributed by atoms with Gasteiger partial charge in [0.2, 0.25) is 10.0 Å². The molecule has 0 aromatic heterocycles. The maximum Gasteiger partial charge on any atom is 0.240 e. The van der Waals surface area contributed by atoms with E-state index in [9.17, 15) is 8.42 Å². The van der Waals surface area contributed by atoms with Crippen LogP contribution in [0.15, 0.2) is 47.4 Å². The van der Waals surface area contributed by atoms with Crippen LogP contribution in [-0.4, -0.2) is 46.7 Å². The molecule has 1 N–H and O–H groups in total. The molecular weight excluding hydrogens is 400 g/mol. The molecule has 1 aliphatic rings. The first-order valence-electron chi connectivity index (χ1n) is 10.4. The number of nitrogens with one attached hydrogen (secondary N) is 1. The van der Waals surface area contributed by atoms with Gasteiger partial charge in [0.1, 0.15) is 17.6 Å². The van der Waals surface area contributed by atoms with Gasteiger partial charge in [-0.15, -0.1) is 0 Å². The number of hydrogen-bond donors (Lipinski definition) is 1. The second kappa shape index (κ2) is 9.81. The first kappa shape index (κ1) is 22.6. The molecule has 1 heterocycles. The highest BCUT2D eigenvalue weighted by atomic mass is 32.2. The average Bonchev–Trinajstić information content (AvgIpc) is 2.74. The molecule has 2 aromatic carbocycles. The molecule has 0 amide bonds. The molecule has 3 rings (SSSR count). The monoisotopic (exact) mass is 432 g/mol. The fraction of sp³-hybridized carbons (Fsp3) is 0.478. The van der Waals surface area contributed by atoms with Crippen molar-refractivity contribution in [2.75, 3.05) is 27.2 Å². The Kier molecular flexibility index (Phi) is 7.39. The highest BCUT2D eigenvalue weighted by Gasteiger charge is 2.19. The molecule has 1 fully saturated rings. The zero-order valence-corrected chi connectivity index (χ0v) is 19.0. The van der Waals surface area contributed by atoms with E-state index in [-0.39, 0.29) is 23.5 Å². The van der Waals surface area contributed by atoms with Crippen molar-refractivity contribution in [1.29, 1.82) is 0 Å². The second-order valence-corrected chi connectivity index (χ2v) is 9.91. The van der Waals surface area contributed by atoms with Crippen molar-refractivity contribution in [2.45, 2.75) is 50.2 Å². The van der Waals surface area contributed by atoms with Gasteiger partial charge >= 0.3 is 0 Å². The predicted octanol–water partition coefficient (Wildman–Crippen LogP) is 3.77. The molecule has 6 nitrogen and oxygen atoms in total. The number of nitrogens with zero attached hydrogens (tertiary/aromatic N) is 1. The van der Waals surface area contributed by atoms with Gasteiger partial charge in [-0.25, -0.2) is 13.1 Å². The van der Waals surface area contributed by atoms with Gasteiger partial charge in [0.15, 0.2) is 0 Å². The minimum atomic E-state index is -3.62. The lowest BCUT2D eigenvalue weighted by molar-refractivity contribution is 0.114. The summed E-state index contributed by atoms with van der Waals surface area (Å²) in [4.78, 5) is 2.55. The number of piperidine rings is 1. The first-order valence-corrected chi connectivity index (χ1v) is 11.9. The molecular formula is C23H32N2O4S. The lowest BCUT2D eigenvalue weighted by Gasteiger charge is -2.29. The fourth-order valence-corrected chi connectivity index (χ4v) is 4.63. The Balaban J connectivity index is 1.61. The smallest absolute Gasteiger partial charge is 0.240 e. The van der Waals surface area contributed by atoms with Crippen LogP contribution in [-0.2, 0) is 16.6 Å². The maximum absolute atomic E-state index is 12.8. The third-order valence-electron chi connectivity index (χ3n) is 5.49. The Labute approximate surface area is 180 Å². The number of hydrogen-bond acceptors (Lipinski definition) is 5. The van der Waals surface area contributed by atoms with Crippen molar-refractivity contribution in [3.05, 3.63) is 53.6 Å². The van der Waals surface area contributed by atoms with Crippen LogP contribution in [0.2, 0.25) is 0 Å². The van der Waals surface area contributed by atoms with Gasteiger partial charge in [0, 0.05) is 19.6 Å². The van der Waals surface area contributed by atoms with E-state index in [2.05, 4.69) is 16.7 Å². The molecule has 0 spiro atoms. The summed E-state index contributed by atoms with van der Waals surface area (Å²) in [6, 6.07) is 12.6. The van der Waals surface area contributed by atoms with Crippen LogP contribution in [0.4, 0.5) is 0 Å². The van der Waals surface area contributed by atoms with Gasteiger partial charge in [-0.2, -0.15) is 0 Å². The van der Waals surface area contributed by atoms with Crippen molar-refractivity contribution in [1.82, 2.24) is 9.62 Å². The molecule has 0 atom stereocenters. The van der Waals surface area contributed by atoms with Gasteiger partial charge in [-0.05, 0) is 67.3 Å². The SMILES string of the molecule is COc1ccc(S(=O)(=O)NCc2ccc(OC3CCN(C)CC3)cc2)cc1C(C)C. The van der Waals surface area contributed by atoms with Crippen molar-refractivity contribution >= 4 is 10.0 Å². The molecule has 0 unspecified atom stereocenters. The van der Waals surface area contributed by atoms with E-state index in [0.29, 0.717) is 5.75 Å². The summed E-state index contributed by atoms with van der Waals surface area (Å²) in [5.74, 6) is 1.68. The zero-order valence-electron chi connectivity index (χ0n) is 18.2. The van der Waals surface area contributed by atoms with Crippen LogP contribution in [0.5, 0.6) is 11.5 Å². The van der Waals surface area contributed by atoms with Gasteiger partial charge < -0.3 is 14.4 Å². The summed E-state index contributed by atoms with van der Waals surface area (Å²) in [7, 11) is 0.0987. The summed E-state index contributed by atoms with van der Waals surface area (Å²) in [6.45, 7) is 6.34. The number of ether oxygens (including phenoxy) is 2. The Morgan fingerprint density at radius 1 is 1.10 bits per heavy atom. The molecule has 0 radical (unpaired) electrons. The zero-order chi connectivity index (χ0) is 21.7. The van der Waals surface area contributed by atoms with Crippen LogP contribution in [0.1, 0.15) is 43.7 Å². The molecule has 164 valence electrons. The number of methoxy groups -OCH3 is 1. The van der Waals surface area contributed by atoms with Gasteiger partial charge in [0.25, 0.3) is 0 Å². The summed E-state index contributed by atoms with van der Waals surface area (Å²) >= 11 is 0. The van der Waals surface area contributed by atoms with Crippen LogP contribution < -0.4 is 14.2 Å². The van der Waals surface area contributed by atoms with E-state index in [1.807, 2.05) is 38.1 Å². The van der Waals surface area contributed by atoms with E-state index in [1.165, 1.54) is 0 Å². The van der Waals surface area contributed by atoms with E-state index < -0.39 is 10.0 Å². The highest BCUT2D eigenvalue weighted by Crippen LogP contribution is 2.29. The molecule has 7 heteroatoms. The first-order chi connectivity index (χ1) is 14.3. The van der Waals surface area contributed by atoms with Gasteiger partial charge in [-0.1, -0.05) is 26.0 Å². The molecule has 1 saturated heterocycles. The van der Waals surface area contributed by atoms with Crippen molar-refractivity contribution in [3.63, 3.8) is 0 Å². The molecule has 0 bridgehead atoms. The number of rotatable bonds is 8. The van der Waals surface area contributed by atoms with Crippen molar-refractivity contribution in [2.24, 2.45) is 0 Å². The highest BCUT2D eigenvalue weighted by molar-refractivity contribution is 7.89. The third kappa shape index (κ3) is 5.74. The Morgan fingerprint density at radius 3 is 2.37 bits per heavy atom. The third-order valence-corrected chi connectivity index (χ3v) is 6.89. The molecule has 1 aliphatic heterocycles. The predicted molar refractivity (Wildman–Crippen MR) is 119 cm³/mol. The van der Waals surface area contributed by atoms with E-state index in [0.717, 1.165) is 42.8 Å². The fourth-order valence-electron chi connectivity index (χ4n) is 3.57. The van der Waals surface area contributed by atoms with Crippen molar-refractivity contribution < 1.29 is 17.9 Å². The van der Waals surface area contributed by atoms with Crippen LogP contribution in [0.3, 0.4) is 0 Å². The van der Waals surface area contributed by atoms with Gasteiger partial charge in [-0.3, -0.25) is 0 Å². The lowest BCUT2D eigenvalue weighted by atomic mass is 10.0. The van der Waals surface area contributed by atoms with Crippen LogP contribution in [0.25, 0.3) is 0 Å². The van der Waals surface area contributed by atoms with Gasteiger partial charge in [0.05, 0.1) is 12.0 Å². The summed E-state index contributed by atoms with van der Waals surface area (Å²) < 4.78 is 39.6.